The van der Waals surface area contributed by atoms with Crippen molar-refractivity contribution in [2.75, 3.05) is 12.3 Å². The van der Waals surface area contributed by atoms with Crippen LogP contribution in [0.3, 0.4) is 0 Å². The second-order valence-corrected chi connectivity index (χ2v) is 11.3. The maximum Gasteiger partial charge on any atom is 0.490 e. The number of nitrogen functional groups attached to an aromatic ring is 1. The highest BCUT2D eigenvalue weighted by molar-refractivity contribution is 7.66. The fourth-order valence-corrected chi connectivity index (χ4v) is 6.26. The van der Waals surface area contributed by atoms with E-state index in [1.807, 2.05) is 0 Å². The molecule has 0 aliphatic carbocycles. The molecule has 1 aliphatic heterocycles. The third-order valence-corrected chi connectivity index (χ3v) is 8.31. The molecule has 22 heteroatoms. The summed E-state index contributed by atoms with van der Waals surface area (Å²) in [5.41, 5.74) is 6.40. The maximum absolute atomic E-state index is 11.9. The number of aliphatic hydroxyl groups is 2. The van der Waals surface area contributed by atoms with Crippen LogP contribution < -0.4 is 5.73 Å². The van der Waals surface area contributed by atoms with E-state index in [1.165, 1.54) is 27.7 Å². The first kappa shape index (κ1) is 25.3. The zero-order chi connectivity index (χ0) is 25.1. The minimum absolute atomic E-state index is 0.0321. The first-order chi connectivity index (χ1) is 15.7. The number of hydrogen-bond donors (Lipinski definition) is 7. The van der Waals surface area contributed by atoms with Crippen LogP contribution in [0.1, 0.15) is 6.23 Å². The number of anilines is 1. The summed E-state index contributed by atoms with van der Waals surface area (Å²) < 4.78 is 54.0. The van der Waals surface area contributed by atoms with Gasteiger partial charge in [0.15, 0.2) is 17.7 Å². The van der Waals surface area contributed by atoms with Gasteiger partial charge < -0.3 is 40.3 Å². The number of ether oxygens (including phenoxy) is 1. The van der Waals surface area contributed by atoms with Crippen molar-refractivity contribution < 1.29 is 61.4 Å². The zero-order valence-electron chi connectivity index (χ0n) is 16.4. The van der Waals surface area contributed by atoms with Crippen LogP contribution in [0.5, 0.6) is 0 Å². The molecule has 3 aromatic rings. The van der Waals surface area contributed by atoms with Gasteiger partial charge in [-0.25, -0.2) is 23.7 Å². The van der Waals surface area contributed by atoms with Crippen LogP contribution in [0.15, 0.2) is 18.7 Å². The minimum Gasteiger partial charge on any atom is -0.387 e. The van der Waals surface area contributed by atoms with E-state index in [4.69, 9.17) is 20.3 Å². The Morgan fingerprint density at radius 3 is 2.44 bits per heavy atom. The van der Waals surface area contributed by atoms with Gasteiger partial charge in [0.2, 0.25) is 5.78 Å². The first-order valence-electron chi connectivity index (χ1n) is 8.92. The number of fused-ring (bicyclic) bond motifs is 3. The molecule has 2 unspecified atom stereocenters. The SMILES string of the molecule is Nc1nc2nccn2c2c1ncn2[C@@H]1O[C@H](COP(=O)(O)OP(=O)(O)OP(=O)(O)O)[C@@H](O)[C@H]1O. The summed E-state index contributed by atoms with van der Waals surface area (Å²) in [4.78, 5) is 48.0. The number of phosphoric ester groups is 1. The molecular weight excluding hydrogens is 529 g/mol. The van der Waals surface area contributed by atoms with Crippen LogP contribution in [-0.4, -0.2) is 78.6 Å². The molecule has 8 N–H and O–H groups in total. The van der Waals surface area contributed by atoms with Crippen molar-refractivity contribution in [3.05, 3.63) is 18.7 Å². The summed E-state index contributed by atoms with van der Waals surface area (Å²) in [5, 5.41) is 20.8. The number of rotatable bonds is 8. The Balaban J connectivity index is 1.52. The number of nitrogens with two attached hydrogens (primary N) is 1. The number of hydrogen-bond acceptors (Lipinski definition) is 13. The van der Waals surface area contributed by atoms with E-state index < -0.39 is 54.6 Å². The first-order valence-corrected chi connectivity index (χ1v) is 13.4. The zero-order valence-corrected chi connectivity index (χ0v) is 19.1. The monoisotopic (exact) mass is 546 g/mol. The molecule has 0 saturated carbocycles. The molecule has 6 atom stereocenters. The van der Waals surface area contributed by atoms with Gasteiger partial charge in [0.25, 0.3) is 0 Å². The van der Waals surface area contributed by atoms with Gasteiger partial charge in [0.1, 0.15) is 23.8 Å². The third-order valence-electron chi connectivity index (χ3n) is 4.51. The highest BCUT2D eigenvalue weighted by Gasteiger charge is 2.47. The molecule has 19 nitrogen and oxygen atoms in total. The van der Waals surface area contributed by atoms with E-state index in [9.17, 15) is 33.7 Å². The quantitative estimate of drug-likeness (QED) is 0.160. The molecule has 4 rings (SSSR count). The molecule has 1 aliphatic rings. The second kappa shape index (κ2) is 8.69. The van der Waals surface area contributed by atoms with Crippen LogP contribution >= 0.6 is 23.5 Å². The number of aromatic nitrogens is 5. The van der Waals surface area contributed by atoms with Crippen LogP contribution in [-0.2, 0) is 31.6 Å². The van der Waals surface area contributed by atoms with Crippen molar-refractivity contribution in [1.82, 2.24) is 23.9 Å². The van der Waals surface area contributed by atoms with Gasteiger partial charge in [-0.15, -0.1) is 0 Å². The Labute approximate surface area is 187 Å². The van der Waals surface area contributed by atoms with E-state index >= 15 is 0 Å². The lowest BCUT2D eigenvalue weighted by molar-refractivity contribution is -0.0503. The minimum atomic E-state index is -5.72. The largest absolute Gasteiger partial charge is 0.490 e. The van der Waals surface area contributed by atoms with Gasteiger partial charge >= 0.3 is 23.5 Å². The normalized spacial score (nSPS) is 27.2. The average Bonchev–Trinajstić information content (AvgIpc) is 3.36. The summed E-state index contributed by atoms with van der Waals surface area (Å²) >= 11 is 0. The van der Waals surface area contributed by atoms with Crippen LogP contribution in [0.25, 0.3) is 16.9 Å². The predicted octanol–water partition coefficient (Wildman–Crippen LogP) is -1.38. The van der Waals surface area contributed by atoms with Crippen molar-refractivity contribution in [3.63, 3.8) is 0 Å². The van der Waals surface area contributed by atoms with Crippen molar-refractivity contribution >= 4 is 46.2 Å². The second-order valence-electron chi connectivity index (χ2n) is 6.85. The van der Waals surface area contributed by atoms with Crippen molar-refractivity contribution in [1.29, 1.82) is 0 Å². The van der Waals surface area contributed by atoms with E-state index in [0.29, 0.717) is 5.65 Å². The summed E-state index contributed by atoms with van der Waals surface area (Å²) in [5.74, 6) is 0.244. The predicted molar refractivity (Wildman–Crippen MR) is 106 cm³/mol. The molecule has 4 heterocycles. The standard InChI is InChI=1S/C12H17N6O13P3/c13-9-6-10(17-2-1-14-12(17)16-9)18(4-15-6)11-8(20)7(19)5(29-11)3-28-33(24,25)31-34(26,27)30-32(21,22)23/h1-2,4-5,7-8,11,19-20H,3H2,(H,24,25)(H,26,27)(H2,13,14,16)(H2,21,22,23)/t5-,7-,8-,11-/m1/s1. The lowest BCUT2D eigenvalue weighted by atomic mass is 10.1. The summed E-state index contributed by atoms with van der Waals surface area (Å²) in [6.45, 7) is -0.963. The Morgan fingerprint density at radius 2 is 1.76 bits per heavy atom. The molecule has 0 radical (unpaired) electrons. The van der Waals surface area contributed by atoms with Crippen molar-refractivity contribution in [2.45, 2.75) is 24.5 Å². The van der Waals surface area contributed by atoms with Gasteiger partial charge in [0.05, 0.1) is 12.9 Å². The van der Waals surface area contributed by atoms with Crippen LogP contribution in [0.4, 0.5) is 5.82 Å². The number of phosphoric acid groups is 3. The molecule has 0 bridgehead atoms. The molecule has 3 aromatic heterocycles. The molecular formula is C12H17N6O13P3. The van der Waals surface area contributed by atoms with E-state index in [0.717, 1.165) is 0 Å². The Hall–Kier alpha value is -1.82. The number of imidazole rings is 2. The Morgan fingerprint density at radius 1 is 1.06 bits per heavy atom. The van der Waals surface area contributed by atoms with Gasteiger partial charge in [-0.05, 0) is 0 Å². The highest BCUT2D eigenvalue weighted by Crippen LogP contribution is 2.66. The van der Waals surface area contributed by atoms with Gasteiger partial charge in [-0.3, -0.25) is 13.5 Å². The molecule has 1 saturated heterocycles. The van der Waals surface area contributed by atoms with Crippen LogP contribution in [0, 0.1) is 0 Å². The summed E-state index contributed by atoms with van der Waals surface area (Å²) in [6, 6.07) is 0. The van der Waals surface area contributed by atoms with Crippen molar-refractivity contribution in [2.24, 2.45) is 0 Å². The van der Waals surface area contributed by atoms with Gasteiger partial charge in [0, 0.05) is 12.4 Å². The molecule has 0 aromatic carbocycles. The van der Waals surface area contributed by atoms with E-state index in [1.54, 1.807) is 0 Å². The lowest BCUT2D eigenvalue weighted by Crippen LogP contribution is -2.33. The third kappa shape index (κ3) is 5.07. The topological polar surface area (TPSA) is 284 Å². The Kier molecular flexibility index (Phi) is 6.46. The van der Waals surface area contributed by atoms with Gasteiger partial charge in [-0.2, -0.15) is 13.6 Å². The number of nitrogens with zero attached hydrogens (tertiary/aromatic N) is 5. The summed E-state index contributed by atoms with van der Waals surface area (Å²) in [6.07, 6.45) is -1.86. The maximum atomic E-state index is 11.9. The molecule has 188 valence electrons. The van der Waals surface area contributed by atoms with Gasteiger partial charge in [-0.1, -0.05) is 0 Å². The fraction of sp³-hybridized carbons (Fsp3) is 0.417. The van der Waals surface area contributed by atoms with Crippen molar-refractivity contribution in [3.8, 4) is 0 Å². The molecule has 0 amide bonds. The molecule has 0 spiro atoms. The van der Waals surface area contributed by atoms with E-state index in [2.05, 4.69) is 28.1 Å². The number of aliphatic hydroxyl groups excluding tert-OH is 2. The average molecular weight is 546 g/mol. The smallest absolute Gasteiger partial charge is 0.387 e. The molecule has 1 fully saturated rings. The Bertz CT molecular complexity index is 1370. The fourth-order valence-electron chi connectivity index (χ4n) is 3.23. The lowest BCUT2D eigenvalue weighted by Gasteiger charge is -2.19. The summed E-state index contributed by atoms with van der Waals surface area (Å²) in [7, 11) is -16.7. The molecule has 34 heavy (non-hydrogen) atoms. The highest BCUT2D eigenvalue weighted by atomic mass is 31.3. The van der Waals surface area contributed by atoms with E-state index in [-0.39, 0.29) is 17.1 Å². The van der Waals surface area contributed by atoms with Crippen LogP contribution in [0.2, 0.25) is 0 Å².